The average molecular weight is 385 g/mol. The minimum atomic E-state index is -0.332. The Balaban J connectivity index is 1.56. The Bertz CT molecular complexity index is 703. The standard InChI is InChI=1S/C24H36N2O2/c1-17(2)16-21(27)26-14-10-20(11-15-26)25-22(28)24(12-13-24)19-8-6-18(7-9-19)23(3,4)5/h6-9,17,20H,10-16H2,1-5H3,(H,25,28). The Morgan fingerprint density at radius 3 is 2.14 bits per heavy atom. The van der Waals surface area contributed by atoms with E-state index in [9.17, 15) is 9.59 Å². The number of nitrogens with zero attached hydrogens (tertiary/aromatic N) is 1. The van der Waals surface area contributed by atoms with Crippen LogP contribution in [0.5, 0.6) is 0 Å². The first kappa shape index (κ1) is 20.9. The van der Waals surface area contributed by atoms with Crippen molar-refractivity contribution in [2.75, 3.05) is 13.1 Å². The van der Waals surface area contributed by atoms with E-state index in [1.54, 1.807) is 0 Å². The first-order valence-electron chi connectivity index (χ1n) is 10.8. The molecule has 1 saturated carbocycles. The molecule has 2 fully saturated rings. The smallest absolute Gasteiger partial charge is 0.230 e. The minimum Gasteiger partial charge on any atom is -0.352 e. The number of carbonyl (C=O) groups is 2. The normalized spacial score (nSPS) is 19.6. The molecule has 0 spiro atoms. The predicted octanol–water partition coefficient (Wildman–Crippen LogP) is 4.17. The molecule has 0 bridgehead atoms. The molecule has 154 valence electrons. The van der Waals surface area contributed by atoms with Gasteiger partial charge in [-0.25, -0.2) is 0 Å². The third-order valence-electron chi connectivity index (χ3n) is 6.25. The van der Waals surface area contributed by atoms with E-state index < -0.39 is 0 Å². The first-order valence-corrected chi connectivity index (χ1v) is 10.8. The van der Waals surface area contributed by atoms with E-state index in [0.717, 1.165) is 44.3 Å². The highest BCUT2D eigenvalue weighted by atomic mass is 16.2. The van der Waals surface area contributed by atoms with Gasteiger partial charge >= 0.3 is 0 Å². The van der Waals surface area contributed by atoms with Gasteiger partial charge in [0, 0.05) is 25.6 Å². The van der Waals surface area contributed by atoms with Gasteiger partial charge < -0.3 is 10.2 Å². The Morgan fingerprint density at radius 1 is 1.11 bits per heavy atom. The molecule has 4 nitrogen and oxygen atoms in total. The van der Waals surface area contributed by atoms with Crippen molar-refractivity contribution >= 4 is 11.8 Å². The molecule has 1 aliphatic carbocycles. The van der Waals surface area contributed by atoms with Crippen LogP contribution in [0, 0.1) is 5.92 Å². The number of hydrogen-bond acceptors (Lipinski definition) is 2. The van der Waals surface area contributed by atoms with Crippen LogP contribution in [0.25, 0.3) is 0 Å². The van der Waals surface area contributed by atoms with E-state index in [1.807, 2.05) is 4.90 Å². The fourth-order valence-corrected chi connectivity index (χ4v) is 4.14. The van der Waals surface area contributed by atoms with Gasteiger partial charge in [-0.2, -0.15) is 0 Å². The lowest BCUT2D eigenvalue weighted by Gasteiger charge is -2.33. The summed E-state index contributed by atoms with van der Waals surface area (Å²) in [4.78, 5) is 27.2. The molecule has 1 saturated heterocycles. The van der Waals surface area contributed by atoms with Gasteiger partial charge in [-0.05, 0) is 48.1 Å². The molecule has 1 heterocycles. The van der Waals surface area contributed by atoms with E-state index in [-0.39, 0.29) is 28.7 Å². The Labute approximate surface area is 170 Å². The third-order valence-corrected chi connectivity index (χ3v) is 6.25. The summed E-state index contributed by atoms with van der Waals surface area (Å²) in [6.45, 7) is 12.3. The summed E-state index contributed by atoms with van der Waals surface area (Å²) in [7, 11) is 0. The van der Waals surface area contributed by atoms with Gasteiger partial charge in [-0.3, -0.25) is 9.59 Å². The molecule has 1 aromatic rings. The highest BCUT2D eigenvalue weighted by Gasteiger charge is 2.51. The molecule has 0 atom stereocenters. The Kier molecular flexibility index (Phi) is 5.88. The van der Waals surface area contributed by atoms with Crippen molar-refractivity contribution in [2.45, 2.75) is 83.6 Å². The number of benzene rings is 1. The van der Waals surface area contributed by atoms with Crippen LogP contribution in [0.1, 0.15) is 77.8 Å². The number of nitrogens with one attached hydrogen (secondary N) is 1. The van der Waals surface area contributed by atoms with E-state index >= 15 is 0 Å². The van der Waals surface area contributed by atoms with Crippen molar-refractivity contribution in [2.24, 2.45) is 5.92 Å². The number of likely N-dealkylation sites (tertiary alicyclic amines) is 1. The second-order valence-electron chi connectivity index (χ2n) is 10.1. The molecule has 2 aliphatic rings. The van der Waals surface area contributed by atoms with Crippen LogP contribution >= 0.6 is 0 Å². The zero-order valence-electron chi connectivity index (χ0n) is 18.2. The predicted molar refractivity (Wildman–Crippen MR) is 113 cm³/mol. The zero-order valence-corrected chi connectivity index (χ0v) is 18.2. The van der Waals surface area contributed by atoms with Crippen LogP contribution in [-0.4, -0.2) is 35.8 Å². The summed E-state index contributed by atoms with van der Waals surface area (Å²) in [6, 6.07) is 8.80. The quantitative estimate of drug-likeness (QED) is 0.828. The van der Waals surface area contributed by atoms with Gasteiger partial charge in [0.2, 0.25) is 11.8 Å². The van der Waals surface area contributed by atoms with Crippen LogP contribution in [-0.2, 0) is 20.4 Å². The Hall–Kier alpha value is -1.84. The highest BCUT2D eigenvalue weighted by molar-refractivity contribution is 5.91. The molecule has 28 heavy (non-hydrogen) atoms. The summed E-state index contributed by atoms with van der Waals surface area (Å²) in [5.41, 5.74) is 2.23. The third kappa shape index (κ3) is 4.59. The second-order valence-corrected chi connectivity index (χ2v) is 10.1. The largest absolute Gasteiger partial charge is 0.352 e. The number of hydrogen-bond donors (Lipinski definition) is 1. The van der Waals surface area contributed by atoms with Crippen molar-refractivity contribution in [3.63, 3.8) is 0 Å². The topological polar surface area (TPSA) is 49.4 Å². The molecule has 1 aromatic carbocycles. The molecular weight excluding hydrogens is 348 g/mol. The van der Waals surface area contributed by atoms with Crippen molar-refractivity contribution in [1.29, 1.82) is 0 Å². The number of amides is 2. The zero-order chi connectivity index (χ0) is 20.5. The molecular formula is C24H36N2O2. The molecule has 0 unspecified atom stereocenters. The average Bonchev–Trinajstić information content (AvgIpc) is 3.43. The molecule has 0 aromatic heterocycles. The molecule has 1 N–H and O–H groups in total. The van der Waals surface area contributed by atoms with E-state index in [2.05, 4.69) is 64.2 Å². The van der Waals surface area contributed by atoms with Crippen molar-refractivity contribution in [1.82, 2.24) is 10.2 Å². The minimum absolute atomic E-state index is 0.123. The van der Waals surface area contributed by atoms with Crippen LogP contribution in [0.2, 0.25) is 0 Å². The van der Waals surface area contributed by atoms with Crippen LogP contribution in [0.4, 0.5) is 0 Å². The van der Waals surface area contributed by atoms with Gasteiger partial charge in [-0.15, -0.1) is 0 Å². The Morgan fingerprint density at radius 2 is 1.68 bits per heavy atom. The molecule has 3 rings (SSSR count). The van der Waals surface area contributed by atoms with Crippen molar-refractivity contribution in [3.05, 3.63) is 35.4 Å². The summed E-state index contributed by atoms with van der Waals surface area (Å²) in [5.74, 6) is 0.810. The summed E-state index contributed by atoms with van der Waals surface area (Å²) in [6.07, 6.45) is 4.19. The molecule has 0 radical (unpaired) electrons. The fraction of sp³-hybridized carbons (Fsp3) is 0.667. The number of piperidine rings is 1. The lowest BCUT2D eigenvalue weighted by Crippen LogP contribution is -2.49. The lowest BCUT2D eigenvalue weighted by molar-refractivity contribution is -0.133. The number of rotatable bonds is 5. The van der Waals surface area contributed by atoms with Gasteiger partial charge in [0.15, 0.2) is 0 Å². The van der Waals surface area contributed by atoms with E-state index in [0.29, 0.717) is 12.3 Å². The van der Waals surface area contributed by atoms with Gasteiger partial charge in [0.05, 0.1) is 5.41 Å². The second kappa shape index (κ2) is 7.88. The van der Waals surface area contributed by atoms with Crippen LogP contribution in [0.3, 0.4) is 0 Å². The van der Waals surface area contributed by atoms with Gasteiger partial charge in [-0.1, -0.05) is 58.9 Å². The lowest BCUT2D eigenvalue weighted by atomic mass is 9.84. The maximum Gasteiger partial charge on any atom is 0.230 e. The van der Waals surface area contributed by atoms with E-state index in [4.69, 9.17) is 0 Å². The number of carbonyl (C=O) groups excluding carboxylic acids is 2. The van der Waals surface area contributed by atoms with Crippen molar-refractivity contribution in [3.8, 4) is 0 Å². The maximum atomic E-state index is 13.0. The summed E-state index contributed by atoms with van der Waals surface area (Å²) >= 11 is 0. The van der Waals surface area contributed by atoms with Crippen LogP contribution < -0.4 is 5.32 Å². The van der Waals surface area contributed by atoms with E-state index in [1.165, 1.54) is 5.56 Å². The first-order chi connectivity index (χ1) is 13.1. The molecule has 1 aliphatic heterocycles. The van der Waals surface area contributed by atoms with Gasteiger partial charge in [0.25, 0.3) is 0 Å². The van der Waals surface area contributed by atoms with Crippen LogP contribution in [0.15, 0.2) is 24.3 Å². The molecule has 2 amide bonds. The monoisotopic (exact) mass is 384 g/mol. The summed E-state index contributed by atoms with van der Waals surface area (Å²) < 4.78 is 0. The maximum absolute atomic E-state index is 13.0. The molecule has 4 heteroatoms. The van der Waals surface area contributed by atoms with Gasteiger partial charge in [0.1, 0.15) is 0 Å². The SMILES string of the molecule is CC(C)CC(=O)N1CCC(NC(=O)C2(c3ccc(C(C)(C)C)cc3)CC2)CC1. The highest BCUT2D eigenvalue weighted by Crippen LogP contribution is 2.48. The summed E-state index contributed by atoms with van der Waals surface area (Å²) in [5, 5.41) is 3.29. The fourth-order valence-electron chi connectivity index (χ4n) is 4.14. The van der Waals surface area contributed by atoms with Crippen molar-refractivity contribution < 1.29 is 9.59 Å².